The number of carbonyl (C=O) groups excluding carboxylic acids is 1. The summed E-state index contributed by atoms with van der Waals surface area (Å²) in [4.78, 5) is 13.0. The predicted molar refractivity (Wildman–Crippen MR) is 140 cm³/mol. The first-order chi connectivity index (χ1) is 15.2. The molecule has 2 aromatic carbocycles. The zero-order valence-corrected chi connectivity index (χ0v) is 20.8. The van der Waals surface area contributed by atoms with Gasteiger partial charge in [0.15, 0.2) is 5.78 Å². The second-order valence-electron chi connectivity index (χ2n) is 9.06. The Kier molecular flexibility index (Phi) is 7.87. The molecule has 4 heteroatoms. The highest BCUT2D eigenvalue weighted by atomic mass is 31.1. The van der Waals surface area contributed by atoms with Gasteiger partial charge in [-0.15, -0.1) is 0 Å². The van der Waals surface area contributed by atoms with Crippen molar-refractivity contribution in [2.75, 3.05) is 6.16 Å². The van der Waals surface area contributed by atoms with E-state index in [0.717, 1.165) is 28.5 Å². The van der Waals surface area contributed by atoms with E-state index in [1.54, 1.807) is 6.20 Å². The lowest BCUT2D eigenvalue weighted by atomic mass is 9.87. The summed E-state index contributed by atoms with van der Waals surface area (Å²) in [5.41, 5.74) is 14.1. The fraction of sp³-hybridized carbons (Fsp3) is 0.321. The Bertz CT molecular complexity index is 1080. The molecule has 1 aliphatic heterocycles. The molecular formula is C28H35N2OP. The first-order valence-electron chi connectivity index (χ1n) is 11.3. The van der Waals surface area contributed by atoms with Crippen LogP contribution in [-0.4, -0.2) is 11.9 Å². The molecule has 3 rings (SSSR count). The number of rotatable bonds is 7. The van der Waals surface area contributed by atoms with Gasteiger partial charge in [-0.3, -0.25) is 4.79 Å². The highest BCUT2D eigenvalue weighted by Gasteiger charge is 2.25. The fourth-order valence-electron chi connectivity index (χ4n) is 3.95. The molecule has 3 unspecified atom stereocenters. The minimum absolute atomic E-state index is 0.00880. The smallest absolute Gasteiger partial charge is 0.165 e. The predicted octanol–water partition coefficient (Wildman–Crippen LogP) is 6.89. The van der Waals surface area contributed by atoms with Gasteiger partial charge in [0.05, 0.1) is 0 Å². The molecule has 0 aromatic heterocycles. The van der Waals surface area contributed by atoms with Gasteiger partial charge in [-0.25, -0.2) is 0 Å². The summed E-state index contributed by atoms with van der Waals surface area (Å²) < 4.78 is 0. The minimum atomic E-state index is -0.00880. The van der Waals surface area contributed by atoms with Gasteiger partial charge < -0.3 is 11.1 Å². The number of Topliss-reactive ketones (excluding diaryl/α,β-unsaturated/α-hetero) is 1. The van der Waals surface area contributed by atoms with Crippen molar-refractivity contribution in [3.8, 4) is 11.1 Å². The molecule has 0 amide bonds. The second-order valence-corrected chi connectivity index (χ2v) is 10.4. The SMILES string of the molecule is C=CNC(/C=C1\PCC(N)c2cccc(-c3cccc(C(=O)C(C)C(C)C)c3)c21)=C(C)C. The standard InChI is InChI=1S/C28H35N2OP/c1-7-30-25(18(4)5)15-26-27-22(12-9-13-23(27)24(29)16-32-26)20-10-8-11-21(14-20)28(31)19(6)17(2)3/h7-15,17,19,24,30,32H,1,16,29H2,2-6H3/b26-15-. The Hall–Kier alpha value is -2.48. The minimum Gasteiger partial charge on any atom is -0.362 e. The Morgan fingerprint density at radius 3 is 2.56 bits per heavy atom. The van der Waals surface area contributed by atoms with Crippen LogP contribution in [-0.2, 0) is 0 Å². The summed E-state index contributed by atoms with van der Waals surface area (Å²) in [6, 6.07) is 14.4. The summed E-state index contributed by atoms with van der Waals surface area (Å²) >= 11 is 0. The van der Waals surface area contributed by atoms with Gasteiger partial charge >= 0.3 is 0 Å². The molecule has 32 heavy (non-hydrogen) atoms. The Morgan fingerprint density at radius 2 is 1.91 bits per heavy atom. The third-order valence-electron chi connectivity index (χ3n) is 6.23. The fourth-order valence-corrected chi connectivity index (χ4v) is 5.31. The van der Waals surface area contributed by atoms with Crippen LogP contribution < -0.4 is 11.1 Å². The van der Waals surface area contributed by atoms with Gasteiger partial charge in [-0.05, 0) is 71.8 Å². The average Bonchev–Trinajstić information content (AvgIpc) is 2.79. The molecule has 0 fully saturated rings. The number of ketones is 1. The maximum Gasteiger partial charge on any atom is 0.165 e. The van der Waals surface area contributed by atoms with Crippen LogP contribution in [0.4, 0.5) is 0 Å². The summed E-state index contributed by atoms with van der Waals surface area (Å²) in [5.74, 6) is 0.498. The van der Waals surface area contributed by atoms with Crippen molar-refractivity contribution in [3.05, 3.63) is 89.3 Å². The molecule has 3 N–H and O–H groups in total. The van der Waals surface area contributed by atoms with E-state index < -0.39 is 0 Å². The molecule has 0 spiro atoms. The van der Waals surface area contributed by atoms with Crippen molar-refractivity contribution in [1.82, 2.24) is 5.32 Å². The van der Waals surface area contributed by atoms with Crippen molar-refractivity contribution >= 4 is 19.7 Å². The van der Waals surface area contributed by atoms with Crippen LogP contribution in [0.15, 0.2) is 72.6 Å². The Balaban J connectivity index is 2.16. The van der Waals surface area contributed by atoms with E-state index >= 15 is 0 Å². The van der Waals surface area contributed by atoms with E-state index in [-0.39, 0.29) is 17.7 Å². The topological polar surface area (TPSA) is 55.1 Å². The van der Waals surface area contributed by atoms with Crippen molar-refractivity contribution in [2.24, 2.45) is 17.6 Å². The lowest BCUT2D eigenvalue weighted by Gasteiger charge is -2.28. The molecule has 1 heterocycles. The molecule has 1 aliphatic rings. The Labute approximate surface area is 194 Å². The summed E-state index contributed by atoms with van der Waals surface area (Å²) in [5, 5.41) is 4.56. The molecule has 3 atom stereocenters. The van der Waals surface area contributed by atoms with Gasteiger partial charge in [0.25, 0.3) is 0 Å². The van der Waals surface area contributed by atoms with E-state index in [1.807, 2.05) is 25.1 Å². The van der Waals surface area contributed by atoms with Crippen molar-refractivity contribution in [3.63, 3.8) is 0 Å². The molecule has 3 nitrogen and oxygen atoms in total. The van der Waals surface area contributed by atoms with E-state index in [0.29, 0.717) is 14.5 Å². The van der Waals surface area contributed by atoms with Crippen molar-refractivity contribution in [1.29, 1.82) is 0 Å². The third-order valence-corrected chi connectivity index (χ3v) is 7.65. The van der Waals surface area contributed by atoms with Crippen LogP contribution in [0.25, 0.3) is 16.4 Å². The second kappa shape index (κ2) is 10.4. The van der Waals surface area contributed by atoms with E-state index in [9.17, 15) is 4.79 Å². The first-order valence-corrected chi connectivity index (χ1v) is 12.5. The number of allylic oxidation sites excluding steroid dienone is 2. The number of fused-ring (bicyclic) bond motifs is 1. The molecule has 0 aliphatic carbocycles. The van der Waals surface area contributed by atoms with Crippen molar-refractivity contribution in [2.45, 2.75) is 40.7 Å². The highest BCUT2D eigenvalue weighted by Crippen LogP contribution is 2.48. The van der Waals surface area contributed by atoms with Gasteiger partial charge in [0.1, 0.15) is 0 Å². The number of carbonyl (C=O) groups is 1. The quantitative estimate of drug-likeness (QED) is 0.360. The molecule has 0 radical (unpaired) electrons. The van der Waals surface area contributed by atoms with Crippen LogP contribution in [0.5, 0.6) is 0 Å². The highest BCUT2D eigenvalue weighted by molar-refractivity contribution is 7.50. The average molecular weight is 447 g/mol. The molecule has 0 saturated heterocycles. The lowest BCUT2D eigenvalue weighted by Crippen LogP contribution is -2.19. The van der Waals surface area contributed by atoms with Crippen LogP contribution in [0, 0.1) is 11.8 Å². The molecule has 168 valence electrons. The molecule has 0 bridgehead atoms. The van der Waals surface area contributed by atoms with Gasteiger partial charge in [-0.2, -0.15) is 0 Å². The zero-order valence-electron chi connectivity index (χ0n) is 19.8. The number of nitrogens with one attached hydrogen (secondary N) is 1. The van der Waals surface area contributed by atoms with Crippen molar-refractivity contribution < 1.29 is 4.79 Å². The van der Waals surface area contributed by atoms with E-state index in [1.165, 1.54) is 22.0 Å². The van der Waals surface area contributed by atoms with Gasteiger partial charge in [-0.1, -0.05) is 77.9 Å². The number of hydrogen-bond acceptors (Lipinski definition) is 3. The van der Waals surface area contributed by atoms with Crippen LogP contribution in [0.2, 0.25) is 0 Å². The largest absolute Gasteiger partial charge is 0.362 e. The van der Waals surface area contributed by atoms with Gasteiger partial charge in [0, 0.05) is 23.2 Å². The molecular weight excluding hydrogens is 411 g/mol. The summed E-state index contributed by atoms with van der Waals surface area (Å²) in [6.45, 7) is 14.2. The first kappa shape index (κ1) is 24.2. The number of benzene rings is 2. The van der Waals surface area contributed by atoms with E-state index in [4.69, 9.17) is 5.73 Å². The van der Waals surface area contributed by atoms with Gasteiger partial charge in [0.2, 0.25) is 0 Å². The lowest BCUT2D eigenvalue weighted by molar-refractivity contribution is 0.0900. The molecule has 2 aromatic rings. The number of hydrogen-bond donors (Lipinski definition) is 2. The molecule has 0 saturated carbocycles. The normalized spacial score (nSPS) is 18.3. The third kappa shape index (κ3) is 5.11. The maximum atomic E-state index is 13.0. The Morgan fingerprint density at radius 1 is 1.19 bits per heavy atom. The van der Waals surface area contributed by atoms with Crippen LogP contribution in [0.3, 0.4) is 0 Å². The maximum absolute atomic E-state index is 13.0. The van der Waals surface area contributed by atoms with Crippen LogP contribution >= 0.6 is 8.58 Å². The van der Waals surface area contributed by atoms with Crippen LogP contribution in [0.1, 0.15) is 62.1 Å². The summed E-state index contributed by atoms with van der Waals surface area (Å²) in [6.07, 6.45) is 4.89. The van der Waals surface area contributed by atoms with E-state index in [2.05, 4.69) is 69.9 Å². The monoisotopic (exact) mass is 446 g/mol. The zero-order chi connectivity index (χ0) is 23.4. The summed E-state index contributed by atoms with van der Waals surface area (Å²) in [7, 11) is 0.617. The number of nitrogens with two attached hydrogens (primary N) is 1.